The number of hydrogen-bond acceptors (Lipinski definition) is 9. The minimum absolute atomic E-state index is 0.205. The van der Waals surface area contributed by atoms with Gasteiger partial charge in [-0.05, 0) is 12.1 Å². The van der Waals surface area contributed by atoms with Crippen LogP contribution in [0, 0.1) is 0 Å². The highest BCUT2D eigenvalue weighted by molar-refractivity contribution is 5.93. The number of nitrogen functional groups attached to an aromatic ring is 1. The van der Waals surface area contributed by atoms with Crippen LogP contribution in [0.1, 0.15) is 10.5 Å². The van der Waals surface area contributed by atoms with E-state index in [0.717, 1.165) is 5.69 Å². The van der Waals surface area contributed by atoms with E-state index in [-0.39, 0.29) is 18.2 Å². The summed E-state index contributed by atoms with van der Waals surface area (Å²) >= 11 is 0. The van der Waals surface area contributed by atoms with E-state index in [0.29, 0.717) is 48.5 Å². The number of carbonyl (C=O) groups excluding carboxylic acids is 1. The van der Waals surface area contributed by atoms with Crippen molar-refractivity contribution in [1.29, 1.82) is 0 Å². The standard InChI is InChI=1S/C24H27N5O5/c1-32-20-11-23(25)27-12-19(20)28-8-9-29(16(14-28)15-30)24(31)18-10-21(33-2)22(13-26-18)34-17-6-4-3-5-7-17/h3-7,10-13,16,30H,8-9,14-15H2,1-2H3,(H2,25,27). The Hall–Kier alpha value is -4.05. The maximum absolute atomic E-state index is 13.3. The Bertz CT molecular complexity index is 1140. The molecule has 1 aliphatic rings. The highest BCUT2D eigenvalue weighted by Gasteiger charge is 2.33. The Morgan fingerprint density at radius 2 is 1.82 bits per heavy atom. The minimum Gasteiger partial charge on any atom is -0.494 e. The van der Waals surface area contributed by atoms with Crippen molar-refractivity contribution in [2.24, 2.45) is 0 Å². The van der Waals surface area contributed by atoms with Crippen molar-refractivity contribution in [3.05, 3.63) is 60.6 Å². The molecular formula is C24H27N5O5. The Morgan fingerprint density at radius 1 is 1.06 bits per heavy atom. The van der Waals surface area contributed by atoms with E-state index in [4.69, 9.17) is 19.9 Å². The summed E-state index contributed by atoms with van der Waals surface area (Å²) in [7, 11) is 3.07. The lowest BCUT2D eigenvalue weighted by Gasteiger charge is -2.41. The Balaban J connectivity index is 1.51. The summed E-state index contributed by atoms with van der Waals surface area (Å²) in [6.45, 7) is 1.09. The number of ether oxygens (including phenoxy) is 3. The third-order valence-corrected chi connectivity index (χ3v) is 5.62. The first-order valence-electron chi connectivity index (χ1n) is 10.8. The van der Waals surface area contributed by atoms with Crippen LogP contribution in [0.15, 0.2) is 54.9 Å². The number of hydrogen-bond donors (Lipinski definition) is 2. The summed E-state index contributed by atoms with van der Waals surface area (Å²) in [6, 6.07) is 12.0. The summed E-state index contributed by atoms with van der Waals surface area (Å²) in [5, 5.41) is 10.0. The predicted octanol–water partition coefficient (Wildman–Crippen LogP) is 2.19. The van der Waals surface area contributed by atoms with Crippen LogP contribution in [0.4, 0.5) is 11.5 Å². The van der Waals surface area contributed by atoms with Gasteiger partial charge in [-0.15, -0.1) is 0 Å². The van der Waals surface area contributed by atoms with Crippen molar-refractivity contribution in [2.75, 3.05) is 51.1 Å². The fourth-order valence-corrected chi connectivity index (χ4v) is 3.88. The van der Waals surface area contributed by atoms with Gasteiger partial charge in [0.05, 0.1) is 44.9 Å². The second-order valence-corrected chi connectivity index (χ2v) is 7.70. The van der Waals surface area contributed by atoms with E-state index in [9.17, 15) is 9.90 Å². The van der Waals surface area contributed by atoms with Crippen LogP contribution in [0.5, 0.6) is 23.0 Å². The Morgan fingerprint density at radius 3 is 2.53 bits per heavy atom. The van der Waals surface area contributed by atoms with Gasteiger partial charge in [0.1, 0.15) is 23.0 Å². The molecule has 0 saturated carbocycles. The van der Waals surface area contributed by atoms with Gasteiger partial charge >= 0.3 is 0 Å². The molecule has 34 heavy (non-hydrogen) atoms. The average Bonchev–Trinajstić information content (AvgIpc) is 2.88. The smallest absolute Gasteiger partial charge is 0.273 e. The SMILES string of the molecule is COc1cc(C(=O)N2CCN(c3cnc(N)cc3OC)CC2CO)ncc1Oc1ccccc1. The molecule has 3 aromatic rings. The number of benzene rings is 1. The zero-order valence-corrected chi connectivity index (χ0v) is 19.0. The molecule has 1 amide bonds. The topological polar surface area (TPSA) is 123 Å². The van der Waals surface area contributed by atoms with Gasteiger partial charge in [0.2, 0.25) is 0 Å². The van der Waals surface area contributed by atoms with Gasteiger partial charge in [-0.3, -0.25) is 4.79 Å². The van der Waals surface area contributed by atoms with Crippen LogP contribution in [0.3, 0.4) is 0 Å². The number of piperazine rings is 1. The molecule has 0 radical (unpaired) electrons. The molecule has 10 nitrogen and oxygen atoms in total. The van der Waals surface area contributed by atoms with Crippen molar-refractivity contribution < 1.29 is 24.1 Å². The van der Waals surface area contributed by atoms with Crippen molar-refractivity contribution in [3.63, 3.8) is 0 Å². The first-order valence-corrected chi connectivity index (χ1v) is 10.8. The van der Waals surface area contributed by atoms with Crippen LogP contribution in [0.25, 0.3) is 0 Å². The number of aromatic nitrogens is 2. The molecule has 3 N–H and O–H groups in total. The van der Waals surface area contributed by atoms with E-state index in [1.165, 1.54) is 13.3 Å². The fraction of sp³-hybridized carbons (Fsp3) is 0.292. The molecule has 3 heterocycles. The zero-order chi connectivity index (χ0) is 24.1. The Labute approximate surface area is 197 Å². The normalized spacial score (nSPS) is 15.7. The summed E-state index contributed by atoms with van der Waals surface area (Å²) < 4.78 is 16.7. The molecular weight excluding hydrogens is 438 g/mol. The molecule has 0 bridgehead atoms. The molecule has 178 valence electrons. The monoisotopic (exact) mass is 465 g/mol. The highest BCUT2D eigenvalue weighted by atomic mass is 16.5. The molecule has 4 rings (SSSR count). The number of anilines is 2. The number of amides is 1. The van der Waals surface area contributed by atoms with Crippen LogP contribution in [0.2, 0.25) is 0 Å². The van der Waals surface area contributed by atoms with Crippen LogP contribution < -0.4 is 24.8 Å². The molecule has 1 atom stereocenters. The van der Waals surface area contributed by atoms with Crippen molar-refractivity contribution in [3.8, 4) is 23.0 Å². The number of para-hydroxylation sites is 1. The van der Waals surface area contributed by atoms with Crippen LogP contribution in [-0.4, -0.2) is 72.4 Å². The number of aliphatic hydroxyl groups excluding tert-OH is 1. The third kappa shape index (κ3) is 4.81. The quantitative estimate of drug-likeness (QED) is 0.540. The largest absolute Gasteiger partial charge is 0.494 e. The Kier molecular flexibility index (Phi) is 6.98. The van der Waals surface area contributed by atoms with E-state index in [1.54, 1.807) is 30.3 Å². The molecule has 0 aliphatic carbocycles. The van der Waals surface area contributed by atoms with Gasteiger partial charge in [-0.25, -0.2) is 9.97 Å². The predicted molar refractivity (Wildman–Crippen MR) is 127 cm³/mol. The number of nitrogens with two attached hydrogens (primary N) is 1. The first-order chi connectivity index (χ1) is 16.5. The summed E-state index contributed by atoms with van der Waals surface area (Å²) in [6.07, 6.45) is 3.10. The van der Waals surface area contributed by atoms with Gasteiger partial charge in [-0.2, -0.15) is 0 Å². The molecule has 10 heteroatoms. The van der Waals surface area contributed by atoms with Crippen LogP contribution in [-0.2, 0) is 0 Å². The molecule has 1 saturated heterocycles. The van der Waals surface area contributed by atoms with Crippen molar-refractivity contribution in [2.45, 2.75) is 6.04 Å². The van der Waals surface area contributed by atoms with Crippen molar-refractivity contribution in [1.82, 2.24) is 14.9 Å². The van der Waals surface area contributed by atoms with E-state index in [2.05, 4.69) is 9.97 Å². The summed E-state index contributed by atoms with van der Waals surface area (Å²) in [5.41, 5.74) is 6.72. The highest BCUT2D eigenvalue weighted by Crippen LogP contribution is 2.33. The van der Waals surface area contributed by atoms with Crippen molar-refractivity contribution >= 4 is 17.4 Å². The second-order valence-electron chi connectivity index (χ2n) is 7.70. The van der Waals surface area contributed by atoms with E-state index in [1.807, 2.05) is 35.2 Å². The minimum atomic E-state index is -0.448. The summed E-state index contributed by atoms with van der Waals surface area (Å²) in [5.74, 6) is 2.06. The number of nitrogens with zero attached hydrogens (tertiary/aromatic N) is 4. The van der Waals surface area contributed by atoms with Crippen LogP contribution >= 0.6 is 0 Å². The second kappa shape index (κ2) is 10.3. The summed E-state index contributed by atoms with van der Waals surface area (Å²) in [4.78, 5) is 25.4. The molecule has 0 spiro atoms. The molecule has 1 fully saturated rings. The van der Waals surface area contributed by atoms with E-state index < -0.39 is 6.04 Å². The molecule has 2 aromatic heterocycles. The van der Waals surface area contributed by atoms with Gasteiger partial charge in [0.15, 0.2) is 11.5 Å². The number of aliphatic hydroxyl groups is 1. The first kappa shape index (κ1) is 23.1. The zero-order valence-electron chi connectivity index (χ0n) is 19.0. The molecule has 1 aromatic carbocycles. The maximum atomic E-state index is 13.3. The lowest BCUT2D eigenvalue weighted by molar-refractivity contribution is 0.0558. The third-order valence-electron chi connectivity index (χ3n) is 5.62. The number of carbonyl (C=O) groups is 1. The lowest BCUT2D eigenvalue weighted by atomic mass is 10.1. The lowest BCUT2D eigenvalue weighted by Crippen LogP contribution is -2.57. The fourth-order valence-electron chi connectivity index (χ4n) is 3.88. The molecule has 1 unspecified atom stereocenters. The van der Waals surface area contributed by atoms with E-state index >= 15 is 0 Å². The van der Waals surface area contributed by atoms with Gasteiger partial charge in [0, 0.05) is 31.8 Å². The van der Waals surface area contributed by atoms with Gasteiger partial charge in [-0.1, -0.05) is 18.2 Å². The van der Waals surface area contributed by atoms with Gasteiger partial charge < -0.3 is 34.9 Å². The van der Waals surface area contributed by atoms with Gasteiger partial charge in [0.25, 0.3) is 5.91 Å². The average molecular weight is 466 g/mol. The maximum Gasteiger partial charge on any atom is 0.273 e. The molecule has 1 aliphatic heterocycles. The number of rotatable bonds is 7. The number of pyridine rings is 2. The number of methoxy groups -OCH3 is 2.